The van der Waals surface area contributed by atoms with Gasteiger partial charge in [-0.25, -0.2) is 5.43 Å². The fourth-order valence-electron chi connectivity index (χ4n) is 2.71. The second-order valence-corrected chi connectivity index (χ2v) is 8.10. The van der Waals surface area contributed by atoms with Crippen LogP contribution < -0.4 is 14.9 Å². The van der Waals surface area contributed by atoms with E-state index in [9.17, 15) is 9.90 Å². The Morgan fingerprint density at radius 1 is 1.19 bits per heavy atom. The minimum absolute atomic E-state index is 0.365. The maximum atomic E-state index is 12.1. The Kier molecular flexibility index (Phi) is 8.27. The van der Waals surface area contributed by atoms with Gasteiger partial charge in [0.05, 0.1) is 16.9 Å². The Labute approximate surface area is 199 Å². The molecule has 0 saturated heterocycles. The molecular formula is C23H20ClIN2O4. The topological polar surface area (TPSA) is 80.2 Å². The van der Waals surface area contributed by atoms with Crippen LogP contribution in [0.5, 0.6) is 11.5 Å². The first kappa shape index (κ1) is 23.1. The third-order valence-corrected chi connectivity index (χ3v) is 5.35. The van der Waals surface area contributed by atoms with Crippen LogP contribution in [-0.2, 0) is 11.4 Å². The van der Waals surface area contributed by atoms with Crippen molar-refractivity contribution in [2.24, 2.45) is 5.10 Å². The molecule has 3 aromatic rings. The maximum absolute atomic E-state index is 12.1. The van der Waals surface area contributed by atoms with Crippen LogP contribution in [0.2, 0.25) is 5.02 Å². The quantitative estimate of drug-likeness (QED) is 0.242. The Bertz CT molecular complexity index is 1060. The van der Waals surface area contributed by atoms with Gasteiger partial charge in [0.2, 0.25) is 0 Å². The molecule has 1 atom stereocenters. The molecule has 0 saturated carbocycles. The summed E-state index contributed by atoms with van der Waals surface area (Å²) in [7, 11) is 1.56. The number of hydrazone groups is 1. The number of aliphatic hydroxyl groups is 1. The number of hydrogen-bond acceptors (Lipinski definition) is 5. The molecule has 8 heteroatoms. The first-order chi connectivity index (χ1) is 15.0. The number of benzene rings is 3. The van der Waals surface area contributed by atoms with Crippen LogP contribution in [0.3, 0.4) is 0 Å². The highest BCUT2D eigenvalue weighted by atomic mass is 127. The van der Waals surface area contributed by atoms with Crippen molar-refractivity contribution >= 4 is 46.3 Å². The van der Waals surface area contributed by atoms with Crippen molar-refractivity contribution in [1.82, 2.24) is 5.43 Å². The predicted molar refractivity (Wildman–Crippen MR) is 129 cm³/mol. The van der Waals surface area contributed by atoms with Gasteiger partial charge in [-0.3, -0.25) is 4.79 Å². The van der Waals surface area contributed by atoms with Gasteiger partial charge in [0.1, 0.15) is 6.61 Å². The van der Waals surface area contributed by atoms with E-state index in [-0.39, 0.29) is 0 Å². The van der Waals surface area contributed by atoms with Crippen molar-refractivity contribution < 1.29 is 19.4 Å². The number of halogens is 2. The molecule has 0 aliphatic rings. The average Bonchev–Trinajstić information content (AvgIpc) is 2.79. The highest BCUT2D eigenvalue weighted by Gasteiger charge is 2.16. The molecule has 0 aromatic heterocycles. The van der Waals surface area contributed by atoms with Crippen LogP contribution in [0.4, 0.5) is 0 Å². The number of nitrogens with zero attached hydrogens (tertiary/aromatic N) is 1. The van der Waals surface area contributed by atoms with E-state index in [1.807, 2.05) is 36.4 Å². The van der Waals surface area contributed by atoms with Crippen LogP contribution in [-0.4, -0.2) is 24.3 Å². The van der Waals surface area contributed by atoms with E-state index < -0.39 is 12.0 Å². The van der Waals surface area contributed by atoms with Gasteiger partial charge in [0.25, 0.3) is 5.91 Å². The minimum atomic E-state index is -1.29. The number of ether oxygens (including phenoxy) is 2. The van der Waals surface area contributed by atoms with E-state index in [0.717, 1.165) is 9.13 Å². The number of aliphatic hydroxyl groups excluding tert-OH is 1. The van der Waals surface area contributed by atoms with Crippen LogP contribution in [0.1, 0.15) is 22.8 Å². The molecule has 31 heavy (non-hydrogen) atoms. The van der Waals surface area contributed by atoms with Crippen molar-refractivity contribution in [3.63, 3.8) is 0 Å². The molecule has 3 aromatic carbocycles. The molecule has 1 amide bonds. The van der Waals surface area contributed by atoms with Gasteiger partial charge in [0.15, 0.2) is 17.6 Å². The van der Waals surface area contributed by atoms with Crippen molar-refractivity contribution in [3.8, 4) is 11.5 Å². The molecular weight excluding hydrogens is 531 g/mol. The van der Waals surface area contributed by atoms with E-state index in [0.29, 0.717) is 34.3 Å². The zero-order valence-electron chi connectivity index (χ0n) is 16.6. The predicted octanol–water partition coefficient (Wildman–Crippen LogP) is 4.72. The molecule has 0 heterocycles. The van der Waals surface area contributed by atoms with Gasteiger partial charge < -0.3 is 14.6 Å². The monoisotopic (exact) mass is 550 g/mol. The van der Waals surface area contributed by atoms with E-state index in [1.54, 1.807) is 37.4 Å². The molecule has 0 unspecified atom stereocenters. The van der Waals surface area contributed by atoms with Crippen molar-refractivity contribution in [2.45, 2.75) is 12.7 Å². The van der Waals surface area contributed by atoms with Gasteiger partial charge >= 0.3 is 0 Å². The number of methoxy groups -OCH3 is 1. The summed E-state index contributed by atoms with van der Waals surface area (Å²) in [5, 5.41) is 14.7. The minimum Gasteiger partial charge on any atom is -0.493 e. The summed E-state index contributed by atoms with van der Waals surface area (Å²) in [6.45, 7) is 0.365. The van der Waals surface area contributed by atoms with Crippen LogP contribution >= 0.6 is 34.2 Å². The number of hydrogen-bond donors (Lipinski definition) is 2. The molecule has 2 N–H and O–H groups in total. The van der Waals surface area contributed by atoms with E-state index in [1.165, 1.54) is 6.21 Å². The fraction of sp³-hybridized carbons (Fsp3) is 0.130. The highest BCUT2D eigenvalue weighted by molar-refractivity contribution is 14.1. The van der Waals surface area contributed by atoms with Gasteiger partial charge in [-0.1, -0.05) is 54.1 Å². The first-order valence-electron chi connectivity index (χ1n) is 9.28. The number of carbonyl (C=O) groups is 1. The van der Waals surface area contributed by atoms with Crippen LogP contribution in [0, 0.1) is 3.57 Å². The summed E-state index contributed by atoms with van der Waals surface area (Å²) in [5.74, 6) is 0.531. The van der Waals surface area contributed by atoms with Crippen molar-refractivity contribution in [3.05, 3.63) is 92.0 Å². The Morgan fingerprint density at radius 3 is 2.58 bits per heavy atom. The lowest BCUT2D eigenvalue weighted by atomic mass is 10.1. The van der Waals surface area contributed by atoms with Crippen molar-refractivity contribution in [2.75, 3.05) is 7.11 Å². The standard InChI is InChI=1S/C23H20ClIN2O4/c1-30-20-12-16(13-26-27-23(29)21(28)17-5-3-2-4-6-17)11-19(25)22(20)31-14-15-7-9-18(24)10-8-15/h2-13,21,28H,14H2,1H3,(H,27,29)/b26-13-/t21-/m0/s1. The van der Waals surface area contributed by atoms with E-state index in [4.69, 9.17) is 21.1 Å². The number of amides is 1. The molecule has 0 aliphatic heterocycles. The van der Waals surface area contributed by atoms with Gasteiger partial charge in [-0.05, 0) is 63.5 Å². The lowest BCUT2D eigenvalue weighted by Crippen LogP contribution is -2.25. The van der Waals surface area contributed by atoms with Crippen LogP contribution in [0.25, 0.3) is 0 Å². The number of nitrogens with one attached hydrogen (secondary N) is 1. The first-order valence-corrected chi connectivity index (χ1v) is 10.7. The van der Waals surface area contributed by atoms with Gasteiger partial charge in [-0.15, -0.1) is 0 Å². The number of rotatable bonds is 8. The molecule has 160 valence electrons. The third kappa shape index (κ3) is 6.43. The maximum Gasteiger partial charge on any atom is 0.273 e. The molecule has 0 spiro atoms. The second kappa shape index (κ2) is 11.1. The third-order valence-electron chi connectivity index (χ3n) is 4.30. The summed E-state index contributed by atoms with van der Waals surface area (Å²) in [6, 6.07) is 19.7. The second-order valence-electron chi connectivity index (χ2n) is 6.50. The average molecular weight is 551 g/mol. The Balaban J connectivity index is 1.66. The SMILES string of the molecule is COc1cc(/C=N\NC(=O)[C@@H](O)c2ccccc2)cc(I)c1OCc1ccc(Cl)cc1. The van der Waals surface area contributed by atoms with Gasteiger partial charge in [0, 0.05) is 5.02 Å². The van der Waals surface area contributed by atoms with Crippen LogP contribution in [0.15, 0.2) is 71.8 Å². The summed E-state index contributed by atoms with van der Waals surface area (Å²) in [6.07, 6.45) is 0.181. The summed E-state index contributed by atoms with van der Waals surface area (Å²) < 4.78 is 12.2. The van der Waals surface area contributed by atoms with Crippen molar-refractivity contribution in [1.29, 1.82) is 0 Å². The lowest BCUT2D eigenvalue weighted by Gasteiger charge is -2.14. The lowest BCUT2D eigenvalue weighted by molar-refractivity contribution is -0.129. The molecule has 3 rings (SSSR count). The molecule has 0 radical (unpaired) electrons. The molecule has 0 aliphatic carbocycles. The summed E-state index contributed by atoms with van der Waals surface area (Å²) >= 11 is 8.07. The largest absolute Gasteiger partial charge is 0.493 e. The fourth-order valence-corrected chi connectivity index (χ4v) is 3.62. The molecule has 6 nitrogen and oxygen atoms in total. The molecule has 0 fully saturated rings. The summed E-state index contributed by atoms with van der Waals surface area (Å²) in [4.78, 5) is 12.1. The Hall–Kier alpha value is -2.62. The van der Waals surface area contributed by atoms with Gasteiger partial charge in [-0.2, -0.15) is 5.10 Å². The number of carbonyl (C=O) groups excluding carboxylic acids is 1. The normalized spacial score (nSPS) is 11.9. The molecule has 0 bridgehead atoms. The summed E-state index contributed by atoms with van der Waals surface area (Å²) in [5.41, 5.74) is 4.52. The highest BCUT2D eigenvalue weighted by Crippen LogP contribution is 2.34. The zero-order chi connectivity index (χ0) is 22.2. The smallest absolute Gasteiger partial charge is 0.273 e. The van der Waals surface area contributed by atoms with E-state index in [2.05, 4.69) is 33.1 Å². The Morgan fingerprint density at radius 2 is 1.90 bits per heavy atom. The zero-order valence-corrected chi connectivity index (χ0v) is 19.5. The van der Waals surface area contributed by atoms with E-state index >= 15 is 0 Å².